The van der Waals surface area contributed by atoms with E-state index in [1.807, 2.05) is 0 Å². The second-order valence-electron chi connectivity index (χ2n) is 4.93. The third kappa shape index (κ3) is 4.63. The lowest BCUT2D eigenvalue weighted by Crippen LogP contribution is -2.28. The summed E-state index contributed by atoms with van der Waals surface area (Å²) in [5, 5.41) is 7.08. The maximum atomic E-state index is 3.54. The molecule has 1 saturated heterocycles. The van der Waals surface area contributed by atoms with E-state index >= 15 is 0 Å². The van der Waals surface area contributed by atoms with E-state index in [2.05, 4.69) is 41.2 Å². The average molecular weight is 264 g/mol. The number of rotatable bonds is 7. The Morgan fingerprint density at radius 2 is 2.11 bits per heavy atom. The molecule has 1 fully saturated rings. The van der Waals surface area contributed by atoms with Crippen molar-refractivity contribution in [2.75, 3.05) is 25.9 Å². The van der Waals surface area contributed by atoms with Crippen molar-refractivity contribution < 1.29 is 0 Å². The molecule has 0 bridgehead atoms. The maximum absolute atomic E-state index is 3.54. The first kappa shape index (κ1) is 13.9. The van der Waals surface area contributed by atoms with Gasteiger partial charge in [0, 0.05) is 10.9 Å². The molecule has 2 N–H and O–H groups in total. The van der Waals surface area contributed by atoms with Gasteiger partial charge in [-0.15, -0.1) is 11.8 Å². The van der Waals surface area contributed by atoms with Gasteiger partial charge in [0.25, 0.3) is 0 Å². The Labute approximate surface area is 115 Å². The molecule has 1 atom stereocenters. The van der Waals surface area contributed by atoms with Crippen molar-refractivity contribution in [3.8, 4) is 0 Å². The van der Waals surface area contributed by atoms with Crippen LogP contribution in [-0.2, 0) is 6.42 Å². The highest BCUT2D eigenvalue weighted by atomic mass is 32.2. The molecule has 0 radical (unpaired) electrons. The van der Waals surface area contributed by atoms with Crippen molar-refractivity contribution in [3.05, 3.63) is 29.8 Å². The van der Waals surface area contributed by atoms with Gasteiger partial charge < -0.3 is 10.6 Å². The van der Waals surface area contributed by atoms with Crippen molar-refractivity contribution in [2.45, 2.75) is 36.6 Å². The third-order valence-electron chi connectivity index (χ3n) is 3.58. The lowest BCUT2D eigenvalue weighted by molar-refractivity contribution is 0.525. The second kappa shape index (κ2) is 7.82. The molecule has 0 saturated carbocycles. The summed E-state index contributed by atoms with van der Waals surface area (Å²) >= 11 is 1.80. The summed E-state index contributed by atoms with van der Waals surface area (Å²) in [4.78, 5) is 1.35. The topological polar surface area (TPSA) is 24.1 Å². The van der Waals surface area contributed by atoms with E-state index in [1.165, 1.54) is 36.3 Å². The molecule has 1 aromatic carbocycles. The van der Waals surface area contributed by atoms with E-state index in [-0.39, 0.29) is 0 Å². The fourth-order valence-corrected chi connectivity index (χ4v) is 2.84. The quantitative estimate of drug-likeness (QED) is 0.585. The summed E-state index contributed by atoms with van der Waals surface area (Å²) in [7, 11) is 0. The fourth-order valence-electron chi connectivity index (χ4n) is 2.43. The van der Waals surface area contributed by atoms with E-state index in [4.69, 9.17) is 0 Å². The van der Waals surface area contributed by atoms with Gasteiger partial charge in [-0.2, -0.15) is 0 Å². The predicted octanol–water partition coefficient (Wildman–Crippen LogP) is 2.68. The highest BCUT2D eigenvalue weighted by Crippen LogP contribution is 2.14. The Morgan fingerprint density at radius 3 is 2.78 bits per heavy atom. The Morgan fingerprint density at radius 1 is 1.28 bits per heavy atom. The van der Waals surface area contributed by atoms with Crippen LogP contribution >= 0.6 is 11.8 Å². The smallest absolute Gasteiger partial charge is 0.00796 e. The van der Waals surface area contributed by atoms with Gasteiger partial charge >= 0.3 is 0 Å². The average Bonchev–Trinajstić information content (AvgIpc) is 2.92. The minimum absolute atomic E-state index is 0.762. The number of thioether (sulfide) groups is 1. The van der Waals surface area contributed by atoms with Gasteiger partial charge in [-0.05, 0) is 69.3 Å². The molecule has 1 aliphatic heterocycles. The zero-order chi connectivity index (χ0) is 12.6. The highest BCUT2D eigenvalue weighted by molar-refractivity contribution is 7.98. The fraction of sp³-hybridized carbons (Fsp3) is 0.600. The van der Waals surface area contributed by atoms with Crippen LogP contribution < -0.4 is 10.6 Å². The van der Waals surface area contributed by atoms with Gasteiger partial charge in [0.1, 0.15) is 0 Å². The minimum Gasteiger partial charge on any atom is -0.316 e. The second-order valence-corrected chi connectivity index (χ2v) is 5.81. The van der Waals surface area contributed by atoms with Crippen molar-refractivity contribution in [2.24, 2.45) is 0 Å². The zero-order valence-electron chi connectivity index (χ0n) is 11.2. The molecule has 0 aromatic heterocycles. The molecule has 18 heavy (non-hydrogen) atoms. The highest BCUT2D eigenvalue weighted by Gasteiger charge is 2.12. The zero-order valence-corrected chi connectivity index (χ0v) is 12.1. The van der Waals surface area contributed by atoms with Crippen LogP contribution in [0.2, 0.25) is 0 Å². The van der Waals surface area contributed by atoms with Crippen LogP contribution in [0.3, 0.4) is 0 Å². The molecular formula is C15H24N2S. The molecular weight excluding hydrogens is 240 g/mol. The maximum Gasteiger partial charge on any atom is 0.00796 e. The standard InChI is InChI=1S/C15H24N2S/c1-18-15-6-4-13(5-7-15)8-11-16-12-9-14-3-2-10-17-14/h4-7,14,16-17H,2-3,8-12H2,1H3. The summed E-state index contributed by atoms with van der Waals surface area (Å²) < 4.78 is 0. The van der Waals surface area contributed by atoms with Gasteiger partial charge in [0.2, 0.25) is 0 Å². The molecule has 1 unspecified atom stereocenters. The lowest BCUT2D eigenvalue weighted by atomic mass is 10.1. The first-order valence-corrected chi connectivity index (χ1v) is 8.18. The van der Waals surface area contributed by atoms with Gasteiger partial charge in [-0.25, -0.2) is 0 Å². The summed E-state index contributed by atoms with van der Waals surface area (Å²) in [5.74, 6) is 0. The lowest BCUT2D eigenvalue weighted by Gasteiger charge is -2.10. The molecule has 0 amide bonds. The largest absolute Gasteiger partial charge is 0.316 e. The monoisotopic (exact) mass is 264 g/mol. The van der Waals surface area contributed by atoms with E-state index < -0.39 is 0 Å². The van der Waals surface area contributed by atoms with Crippen molar-refractivity contribution in [3.63, 3.8) is 0 Å². The Bertz CT molecular complexity index is 331. The van der Waals surface area contributed by atoms with Crippen molar-refractivity contribution in [1.82, 2.24) is 10.6 Å². The van der Waals surface area contributed by atoms with Gasteiger partial charge in [-0.3, -0.25) is 0 Å². The first-order chi connectivity index (χ1) is 8.88. The third-order valence-corrected chi connectivity index (χ3v) is 4.33. The number of hydrogen-bond donors (Lipinski definition) is 2. The summed E-state index contributed by atoms with van der Waals surface area (Å²) in [6.07, 6.45) is 7.23. The van der Waals surface area contributed by atoms with E-state index in [0.717, 1.165) is 25.6 Å². The molecule has 100 valence electrons. The van der Waals surface area contributed by atoms with Crippen LogP contribution in [0.25, 0.3) is 0 Å². The van der Waals surface area contributed by atoms with Crippen LogP contribution in [0.5, 0.6) is 0 Å². The van der Waals surface area contributed by atoms with Crippen LogP contribution in [0, 0.1) is 0 Å². The molecule has 1 aromatic rings. The van der Waals surface area contributed by atoms with Crippen molar-refractivity contribution >= 4 is 11.8 Å². The van der Waals surface area contributed by atoms with Crippen molar-refractivity contribution in [1.29, 1.82) is 0 Å². The molecule has 0 aliphatic carbocycles. The van der Waals surface area contributed by atoms with Crippen LogP contribution in [0.4, 0.5) is 0 Å². The number of benzene rings is 1. The normalized spacial score (nSPS) is 19.3. The van der Waals surface area contributed by atoms with Crippen LogP contribution in [-0.4, -0.2) is 31.9 Å². The van der Waals surface area contributed by atoms with Gasteiger partial charge in [0.05, 0.1) is 0 Å². The van der Waals surface area contributed by atoms with E-state index in [0.29, 0.717) is 0 Å². The Kier molecular flexibility index (Phi) is 6.05. The number of hydrogen-bond acceptors (Lipinski definition) is 3. The van der Waals surface area contributed by atoms with Crippen LogP contribution in [0.1, 0.15) is 24.8 Å². The molecule has 2 nitrogen and oxygen atoms in total. The van der Waals surface area contributed by atoms with E-state index in [9.17, 15) is 0 Å². The number of nitrogens with one attached hydrogen (secondary N) is 2. The first-order valence-electron chi connectivity index (χ1n) is 6.95. The summed E-state index contributed by atoms with van der Waals surface area (Å²) in [6.45, 7) is 3.44. The summed E-state index contributed by atoms with van der Waals surface area (Å²) in [5.41, 5.74) is 1.43. The van der Waals surface area contributed by atoms with Gasteiger partial charge in [-0.1, -0.05) is 12.1 Å². The SMILES string of the molecule is CSc1ccc(CCNCCC2CCCN2)cc1. The molecule has 1 heterocycles. The van der Waals surface area contributed by atoms with E-state index in [1.54, 1.807) is 11.8 Å². The predicted molar refractivity (Wildman–Crippen MR) is 80.4 cm³/mol. The Balaban J connectivity index is 1.56. The minimum atomic E-state index is 0.762. The van der Waals surface area contributed by atoms with Crippen LogP contribution in [0.15, 0.2) is 29.2 Å². The molecule has 1 aliphatic rings. The Hall–Kier alpha value is -0.510. The molecule has 0 spiro atoms. The van der Waals surface area contributed by atoms with Gasteiger partial charge in [0.15, 0.2) is 0 Å². The molecule has 2 rings (SSSR count). The summed E-state index contributed by atoms with van der Waals surface area (Å²) in [6, 6.07) is 9.67. The molecule has 3 heteroatoms.